The number of carbonyl (C=O) groups is 1. The molecule has 162 valence electrons. The van der Waals surface area contributed by atoms with Crippen LogP contribution in [0.1, 0.15) is 44.1 Å². The molecule has 6 heteroatoms. The van der Waals surface area contributed by atoms with Crippen molar-refractivity contribution < 1.29 is 18.7 Å². The molecule has 1 aromatic rings. The Labute approximate surface area is 177 Å². The van der Waals surface area contributed by atoms with E-state index in [0.29, 0.717) is 29.8 Å². The smallest absolute Gasteiger partial charge is 0.226 e. The summed E-state index contributed by atoms with van der Waals surface area (Å²) in [5.74, 6) is 2.12. The first-order valence-electron chi connectivity index (χ1n) is 11.2. The van der Waals surface area contributed by atoms with E-state index in [2.05, 4.69) is 17.4 Å². The van der Waals surface area contributed by atoms with E-state index in [0.717, 1.165) is 57.5 Å². The third-order valence-electron chi connectivity index (χ3n) is 8.29. The molecular formula is C24H31FN2O3. The van der Waals surface area contributed by atoms with Gasteiger partial charge < -0.3 is 20.5 Å². The first-order chi connectivity index (χ1) is 14.6. The maximum absolute atomic E-state index is 13.1. The van der Waals surface area contributed by atoms with Crippen molar-refractivity contribution in [2.75, 3.05) is 26.4 Å². The van der Waals surface area contributed by atoms with Crippen molar-refractivity contribution in [3.63, 3.8) is 0 Å². The lowest BCUT2D eigenvalue weighted by Gasteiger charge is -2.53. The van der Waals surface area contributed by atoms with E-state index in [-0.39, 0.29) is 29.9 Å². The van der Waals surface area contributed by atoms with Crippen LogP contribution in [-0.4, -0.2) is 38.3 Å². The van der Waals surface area contributed by atoms with Gasteiger partial charge in [-0.2, -0.15) is 0 Å². The number of hydrogen-bond donors (Lipinski definition) is 2. The van der Waals surface area contributed by atoms with Crippen molar-refractivity contribution in [2.45, 2.75) is 50.0 Å². The van der Waals surface area contributed by atoms with Crippen LogP contribution < -0.4 is 15.8 Å². The Balaban J connectivity index is 1.19. The van der Waals surface area contributed by atoms with Crippen LogP contribution in [0.25, 0.3) is 0 Å². The second-order valence-corrected chi connectivity index (χ2v) is 9.71. The third kappa shape index (κ3) is 3.34. The fourth-order valence-electron chi connectivity index (χ4n) is 5.93. The van der Waals surface area contributed by atoms with Gasteiger partial charge in [-0.25, -0.2) is 4.39 Å². The molecule has 3 N–H and O–H groups in total. The Morgan fingerprint density at radius 3 is 2.33 bits per heavy atom. The molecule has 2 unspecified atom stereocenters. The van der Waals surface area contributed by atoms with Crippen LogP contribution in [-0.2, 0) is 14.9 Å². The summed E-state index contributed by atoms with van der Waals surface area (Å²) in [6, 6.07) is 8.57. The zero-order chi connectivity index (χ0) is 20.8. The van der Waals surface area contributed by atoms with Crippen molar-refractivity contribution >= 4 is 5.91 Å². The van der Waals surface area contributed by atoms with Gasteiger partial charge in [0.25, 0.3) is 0 Å². The van der Waals surface area contributed by atoms with Gasteiger partial charge in [-0.15, -0.1) is 0 Å². The second kappa shape index (κ2) is 7.65. The van der Waals surface area contributed by atoms with Crippen LogP contribution in [0, 0.1) is 17.3 Å². The largest absolute Gasteiger partial charge is 0.489 e. The molecule has 1 aliphatic heterocycles. The summed E-state index contributed by atoms with van der Waals surface area (Å²) < 4.78 is 23.7. The van der Waals surface area contributed by atoms with Crippen molar-refractivity contribution in [2.24, 2.45) is 23.0 Å². The molecule has 0 aromatic heterocycles. The van der Waals surface area contributed by atoms with Crippen LogP contribution >= 0.6 is 0 Å². The number of carbonyl (C=O) groups excluding carboxylic acids is 1. The van der Waals surface area contributed by atoms with Crippen molar-refractivity contribution in [1.82, 2.24) is 5.32 Å². The normalized spacial score (nSPS) is 37.0. The van der Waals surface area contributed by atoms with Crippen molar-refractivity contribution in [3.05, 3.63) is 41.7 Å². The topological polar surface area (TPSA) is 73.6 Å². The van der Waals surface area contributed by atoms with E-state index in [1.165, 1.54) is 5.56 Å². The van der Waals surface area contributed by atoms with Crippen LogP contribution in [0.15, 0.2) is 36.2 Å². The number of hydrogen-bond acceptors (Lipinski definition) is 4. The van der Waals surface area contributed by atoms with Gasteiger partial charge in [0.2, 0.25) is 5.91 Å². The van der Waals surface area contributed by atoms with Gasteiger partial charge in [0.05, 0.1) is 19.5 Å². The highest BCUT2D eigenvalue weighted by atomic mass is 19.1. The molecule has 30 heavy (non-hydrogen) atoms. The fraction of sp³-hybridized carbons (Fsp3) is 0.625. The molecule has 1 heterocycles. The number of ether oxygens (including phenoxy) is 2. The van der Waals surface area contributed by atoms with Gasteiger partial charge in [-0.1, -0.05) is 12.1 Å². The Morgan fingerprint density at radius 2 is 1.77 bits per heavy atom. The molecular weight excluding hydrogens is 383 g/mol. The summed E-state index contributed by atoms with van der Waals surface area (Å²) in [5, 5.41) is 3.36. The number of fused-ring (bicyclic) bond motifs is 4. The molecule has 1 aromatic carbocycles. The number of rotatable bonds is 7. The minimum absolute atomic E-state index is 0.156. The van der Waals surface area contributed by atoms with E-state index in [1.54, 1.807) is 0 Å². The molecule has 2 atom stereocenters. The first-order valence-corrected chi connectivity index (χ1v) is 11.2. The predicted molar refractivity (Wildman–Crippen MR) is 112 cm³/mol. The molecule has 1 saturated heterocycles. The molecule has 1 amide bonds. The predicted octanol–water partition coefficient (Wildman–Crippen LogP) is 3.23. The molecule has 0 radical (unpaired) electrons. The summed E-state index contributed by atoms with van der Waals surface area (Å²) in [7, 11) is 0. The van der Waals surface area contributed by atoms with Crippen LogP contribution in [0.5, 0.6) is 5.75 Å². The average Bonchev–Trinajstić information content (AvgIpc) is 3.21. The molecule has 6 rings (SSSR count). The van der Waals surface area contributed by atoms with Gasteiger partial charge in [-0.05, 0) is 61.6 Å². The standard InChI is InChI=1S/C24H31FN2O3/c25-11-16(12-26)13-30-18-3-1-17(2-4-18)23-5-8-24(9-6-23,10-7-23)22(28)27-21-19-14-29-15-20(19)21/h1-4,11,19-21H,5-10,12-15,26H2,(H,27,28). The Morgan fingerprint density at radius 1 is 1.13 bits per heavy atom. The summed E-state index contributed by atoms with van der Waals surface area (Å²) in [4.78, 5) is 13.1. The minimum Gasteiger partial charge on any atom is -0.489 e. The maximum Gasteiger partial charge on any atom is 0.226 e. The zero-order valence-corrected chi connectivity index (χ0v) is 17.4. The monoisotopic (exact) mass is 414 g/mol. The lowest BCUT2D eigenvalue weighted by molar-refractivity contribution is -0.138. The lowest BCUT2D eigenvalue weighted by Crippen LogP contribution is -2.52. The van der Waals surface area contributed by atoms with Crippen molar-refractivity contribution in [3.8, 4) is 5.75 Å². The minimum atomic E-state index is -0.167. The molecule has 5 aliphatic rings. The molecule has 2 bridgehead atoms. The highest BCUT2D eigenvalue weighted by Gasteiger charge is 2.58. The van der Waals surface area contributed by atoms with E-state index in [9.17, 15) is 9.18 Å². The summed E-state index contributed by atoms with van der Waals surface area (Å²) in [6.45, 7) is 1.94. The Kier molecular flexibility index (Phi) is 5.10. The van der Waals surface area contributed by atoms with Gasteiger partial charge in [0.15, 0.2) is 0 Å². The van der Waals surface area contributed by atoms with Crippen LogP contribution in [0.2, 0.25) is 0 Å². The average molecular weight is 415 g/mol. The number of nitrogens with one attached hydrogen (secondary N) is 1. The van der Waals surface area contributed by atoms with Crippen LogP contribution in [0.3, 0.4) is 0 Å². The van der Waals surface area contributed by atoms with Crippen LogP contribution in [0.4, 0.5) is 4.39 Å². The molecule has 4 aliphatic carbocycles. The van der Waals surface area contributed by atoms with Gasteiger partial charge in [0.1, 0.15) is 12.4 Å². The number of halogens is 1. The quantitative estimate of drug-likeness (QED) is 0.719. The number of nitrogens with two attached hydrogens (primary N) is 1. The first kappa shape index (κ1) is 20.0. The van der Waals surface area contributed by atoms with E-state index >= 15 is 0 Å². The summed E-state index contributed by atoms with van der Waals surface area (Å²) in [5.41, 5.74) is 7.25. The summed E-state index contributed by atoms with van der Waals surface area (Å²) in [6.07, 6.45) is 6.60. The molecule has 4 saturated carbocycles. The van der Waals surface area contributed by atoms with E-state index in [4.69, 9.17) is 15.2 Å². The van der Waals surface area contributed by atoms with E-state index in [1.807, 2.05) is 12.1 Å². The van der Waals surface area contributed by atoms with Gasteiger partial charge in [0, 0.05) is 35.4 Å². The number of benzene rings is 1. The van der Waals surface area contributed by atoms with Gasteiger partial charge in [-0.3, -0.25) is 4.79 Å². The van der Waals surface area contributed by atoms with Gasteiger partial charge >= 0.3 is 0 Å². The highest BCUT2D eigenvalue weighted by Crippen LogP contribution is 2.58. The Hall–Kier alpha value is -1.92. The fourth-order valence-corrected chi connectivity index (χ4v) is 5.93. The summed E-state index contributed by atoms with van der Waals surface area (Å²) >= 11 is 0. The molecule has 5 fully saturated rings. The molecule has 5 nitrogen and oxygen atoms in total. The molecule has 0 spiro atoms. The van der Waals surface area contributed by atoms with E-state index < -0.39 is 0 Å². The van der Waals surface area contributed by atoms with Crippen molar-refractivity contribution in [1.29, 1.82) is 0 Å². The zero-order valence-electron chi connectivity index (χ0n) is 17.4. The second-order valence-electron chi connectivity index (χ2n) is 9.71. The number of amides is 1. The SMILES string of the molecule is NCC(=CF)COc1ccc(C23CCC(C(=O)NC4C5COCC54)(CC2)CC3)cc1. The third-order valence-corrected chi connectivity index (χ3v) is 8.29. The lowest BCUT2D eigenvalue weighted by atomic mass is 9.51. The maximum atomic E-state index is 13.1. The highest BCUT2D eigenvalue weighted by molar-refractivity contribution is 5.84. The Bertz CT molecular complexity index is 803.